The van der Waals surface area contributed by atoms with E-state index >= 15 is 0 Å². The van der Waals surface area contributed by atoms with Crippen molar-refractivity contribution in [1.29, 1.82) is 5.26 Å². The van der Waals surface area contributed by atoms with Crippen molar-refractivity contribution in [3.05, 3.63) is 83.0 Å². The van der Waals surface area contributed by atoms with Crippen molar-refractivity contribution >= 4 is 0 Å². The SMILES string of the molecule is CC(C)c1nccc(CC(C)c2ccnc(CC(C)c3ncccc3C#N)c2)n1. The molecule has 0 aliphatic heterocycles. The van der Waals surface area contributed by atoms with Gasteiger partial charge < -0.3 is 0 Å². The molecule has 29 heavy (non-hydrogen) atoms. The van der Waals surface area contributed by atoms with Crippen LogP contribution in [0.3, 0.4) is 0 Å². The van der Waals surface area contributed by atoms with Crippen molar-refractivity contribution in [2.75, 3.05) is 0 Å². The number of pyridine rings is 2. The Hall–Kier alpha value is -3.13. The molecule has 0 amide bonds. The molecule has 0 spiro atoms. The van der Waals surface area contributed by atoms with Crippen LogP contribution in [0.2, 0.25) is 0 Å². The summed E-state index contributed by atoms with van der Waals surface area (Å²) in [6, 6.07) is 12.1. The fourth-order valence-electron chi connectivity index (χ4n) is 3.47. The minimum absolute atomic E-state index is 0.124. The molecule has 0 aromatic carbocycles. The largest absolute Gasteiger partial charge is 0.261 e. The molecular weight excluding hydrogens is 358 g/mol. The van der Waals surface area contributed by atoms with Crippen LogP contribution in [0.1, 0.15) is 79.5 Å². The average Bonchev–Trinajstić information content (AvgIpc) is 2.74. The van der Waals surface area contributed by atoms with Gasteiger partial charge in [-0.15, -0.1) is 0 Å². The van der Waals surface area contributed by atoms with E-state index in [0.29, 0.717) is 17.4 Å². The molecule has 0 N–H and O–H groups in total. The summed E-state index contributed by atoms with van der Waals surface area (Å²) in [7, 11) is 0. The predicted octanol–water partition coefficient (Wildman–Crippen LogP) is 4.95. The highest BCUT2D eigenvalue weighted by atomic mass is 14.9. The first kappa shape index (κ1) is 20.6. The number of rotatable bonds is 7. The molecule has 0 bridgehead atoms. The van der Waals surface area contributed by atoms with E-state index in [2.05, 4.69) is 60.8 Å². The summed E-state index contributed by atoms with van der Waals surface area (Å²) in [6.07, 6.45) is 7.07. The maximum Gasteiger partial charge on any atom is 0.131 e. The van der Waals surface area contributed by atoms with E-state index in [0.717, 1.165) is 35.7 Å². The first-order valence-corrected chi connectivity index (χ1v) is 10.1. The predicted molar refractivity (Wildman–Crippen MR) is 114 cm³/mol. The van der Waals surface area contributed by atoms with Gasteiger partial charge in [0, 0.05) is 41.8 Å². The van der Waals surface area contributed by atoms with Crippen LogP contribution in [0, 0.1) is 11.3 Å². The molecule has 2 unspecified atom stereocenters. The summed E-state index contributed by atoms with van der Waals surface area (Å²) in [4.78, 5) is 18.0. The second-order valence-electron chi connectivity index (χ2n) is 7.90. The van der Waals surface area contributed by atoms with Crippen LogP contribution < -0.4 is 0 Å². The van der Waals surface area contributed by atoms with Crippen molar-refractivity contribution < 1.29 is 0 Å². The summed E-state index contributed by atoms with van der Waals surface area (Å²) in [5.74, 6) is 1.66. The second kappa shape index (κ2) is 9.38. The van der Waals surface area contributed by atoms with Gasteiger partial charge in [-0.3, -0.25) is 9.97 Å². The molecule has 2 atom stereocenters. The summed E-state index contributed by atoms with van der Waals surface area (Å²) < 4.78 is 0. The fraction of sp³-hybridized carbons (Fsp3) is 0.375. The zero-order valence-corrected chi connectivity index (χ0v) is 17.5. The highest BCUT2D eigenvalue weighted by Gasteiger charge is 2.15. The van der Waals surface area contributed by atoms with Gasteiger partial charge >= 0.3 is 0 Å². The molecule has 0 aliphatic carbocycles. The van der Waals surface area contributed by atoms with Gasteiger partial charge in [-0.05, 0) is 54.7 Å². The topological polar surface area (TPSA) is 75.3 Å². The maximum absolute atomic E-state index is 9.33. The van der Waals surface area contributed by atoms with Gasteiger partial charge in [-0.1, -0.05) is 27.7 Å². The van der Waals surface area contributed by atoms with Crippen LogP contribution in [0.5, 0.6) is 0 Å². The second-order valence-corrected chi connectivity index (χ2v) is 7.90. The van der Waals surface area contributed by atoms with Crippen LogP contribution in [0.15, 0.2) is 48.9 Å². The van der Waals surface area contributed by atoms with E-state index < -0.39 is 0 Å². The monoisotopic (exact) mass is 385 g/mol. The van der Waals surface area contributed by atoms with E-state index in [1.807, 2.05) is 24.5 Å². The summed E-state index contributed by atoms with van der Waals surface area (Å²) in [5, 5.41) is 9.33. The average molecular weight is 386 g/mol. The Morgan fingerprint density at radius 1 is 0.862 bits per heavy atom. The van der Waals surface area contributed by atoms with E-state index in [1.165, 1.54) is 5.56 Å². The van der Waals surface area contributed by atoms with Crippen molar-refractivity contribution in [2.45, 2.75) is 58.3 Å². The Morgan fingerprint density at radius 2 is 1.62 bits per heavy atom. The van der Waals surface area contributed by atoms with Crippen molar-refractivity contribution in [3.8, 4) is 6.07 Å². The Bertz CT molecular complexity index is 1010. The van der Waals surface area contributed by atoms with Crippen LogP contribution in [0.4, 0.5) is 0 Å². The highest BCUT2D eigenvalue weighted by Crippen LogP contribution is 2.24. The molecule has 3 rings (SSSR count). The molecular formula is C24H27N5. The fourth-order valence-corrected chi connectivity index (χ4v) is 3.47. The van der Waals surface area contributed by atoms with Gasteiger partial charge in [-0.2, -0.15) is 5.26 Å². The van der Waals surface area contributed by atoms with Crippen LogP contribution in [-0.2, 0) is 12.8 Å². The molecule has 3 heterocycles. The van der Waals surface area contributed by atoms with Gasteiger partial charge in [-0.25, -0.2) is 9.97 Å². The third kappa shape index (κ3) is 5.23. The van der Waals surface area contributed by atoms with E-state index in [9.17, 15) is 5.26 Å². The lowest BCUT2D eigenvalue weighted by Crippen LogP contribution is -2.07. The normalized spacial score (nSPS) is 13.1. The Labute approximate surface area is 172 Å². The first-order chi connectivity index (χ1) is 14.0. The van der Waals surface area contributed by atoms with Gasteiger partial charge in [0.25, 0.3) is 0 Å². The quantitative estimate of drug-likeness (QED) is 0.575. The Kier molecular flexibility index (Phi) is 6.66. The number of hydrogen-bond donors (Lipinski definition) is 0. The number of hydrogen-bond acceptors (Lipinski definition) is 5. The van der Waals surface area contributed by atoms with Gasteiger partial charge in [0.1, 0.15) is 11.9 Å². The summed E-state index contributed by atoms with van der Waals surface area (Å²) >= 11 is 0. The Balaban J connectivity index is 1.73. The van der Waals surface area contributed by atoms with Crippen LogP contribution >= 0.6 is 0 Å². The lowest BCUT2D eigenvalue weighted by Gasteiger charge is -2.15. The number of aromatic nitrogens is 4. The first-order valence-electron chi connectivity index (χ1n) is 10.1. The van der Waals surface area contributed by atoms with Crippen molar-refractivity contribution in [3.63, 3.8) is 0 Å². The van der Waals surface area contributed by atoms with Crippen molar-refractivity contribution in [1.82, 2.24) is 19.9 Å². The van der Waals surface area contributed by atoms with Crippen LogP contribution in [0.25, 0.3) is 0 Å². The molecule has 0 radical (unpaired) electrons. The number of nitrogens with zero attached hydrogens (tertiary/aromatic N) is 5. The summed E-state index contributed by atoms with van der Waals surface area (Å²) in [6.45, 7) is 8.53. The molecule has 0 fully saturated rings. The minimum atomic E-state index is 0.124. The third-order valence-electron chi connectivity index (χ3n) is 5.11. The van der Waals surface area contributed by atoms with E-state index in [4.69, 9.17) is 4.98 Å². The van der Waals surface area contributed by atoms with Gasteiger partial charge in [0.05, 0.1) is 11.3 Å². The highest BCUT2D eigenvalue weighted by molar-refractivity contribution is 5.35. The molecule has 0 aliphatic rings. The lowest BCUT2D eigenvalue weighted by molar-refractivity contribution is 0.692. The van der Waals surface area contributed by atoms with Crippen LogP contribution in [-0.4, -0.2) is 19.9 Å². The van der Waals surface area contributed by atoms with Gasteiger partial charge in [0.15, 0.2) is 0 Å². The molecule has 3 aromatic heterocycles. The molecule has 148 valence electrons. The van der Waals surface area contributed by atoms with E-state index in [1.54, 1.807) is 12.3 Å². The minimum Gasteiger partial charge on any atom is -0.261 e. The maximum atomic E-state index is 9.33. The lowest BCUT2D eigenvalue weighted by atomic mass is 9.93. The Morgan fingerprint density at radius 3 is 2.38 bits per heavy atom. The summed E-state index contributed by atoms with van der Waals surface area (Å²) in [5.41, 5.74) is 4.79. The molecule has 5 nitrogen and oxygen atoms in total. The standard InChI is InChI=1S/C24H27N5/c1-16(2)24-28-11-8-21(29-24)12-17(3)19-7-10-26-22(14-19)13-18(4)23-20(15-25)6-5-9-27-23/h5-11,14,16-18H,12-13H2,1-4H3. The van der Waals surface area contributed by atoms with E-state index in [-0.39, 0.29) is 5.92 Å². The zero-order chi connectivity index (χ0) is 20.8. The number of nitriles is 1. The molecule has 5 heteroatoms. The van der Waals surface area contributed by atoms with Crippen molar-refractivity contribution in [2.24, 2.45) is 0 Å². The smallest absolute Gasteiger partial charge is 0.131 e. The zero-order valence-electron chi connectivity index (χ0n) is 17.5. The molecule has 0 saturated carbocycles. The molecule has 3 aromatic rings. The van der Waals surface area contributed by atoms with Gasteiger partial charge in [0.2, 0.25) is 0 Å². The third-order valence-corrected chi connectivity index (χ3v) is 5.11. The molecule has 0 saturated heterocycles.